The summed E-state index contributed by atoms with van der Waals surface area (Å²) in [7, 11) is -3.92. The van der Waals surface area contributed by atoms with Crippen LogP contribution in [0.15, 0.2) is 51.9 Å². The van der Waals surface area contributed by atoms with Gasteiger partial charge in [-0.3, -0.25) is 14.4 Å². The average Bonchev–Trinajstić information content (AvgIpc) is 3.16. The Hall–Kier alpha value is -3.60. The van der Waals surface area contributed by atoms with E-state index in [-0.39, 0.29) is 24.0 Å². The molecule has 2 aromatic carbocycles. The lowest BCUT2D eigenvalue weighted by Gasteiger charge is -2.28. The van der Waals surface area contributed by atoms with Crippen molar-refractivity contribution in [3.05, 3.63) is 54.2 Å². The van der Waals surface area contributed by atoms with Crippen molar-refractivity contribution in [3.8, 4) is 11.5 Å². The monoisotopic (exact) mass is 444 g/mol. The number of anilines is 2. The van der Waals surface area contributed by atoms with Crippen molar-refractivity contribution < 1.29 is 27.2 Å². The van der Waals surface area contributed by atoms with Crippen LogP contribution >= 0.6 is 0 Å². The Morgan fingerprint density at radius 1 is 1.19 bits per heavy atom. The number of carbonyl (C=O) groups excluding carboxylic acids is 1. The average molecular weight is 444 g/mol. The normalized spacial score (nSPS) is 13.5. The highest BCUT2D eigenvalue weighted by atomic mass is 32.2. The van der Waals surface area contributed by atoms with E-state index in [1.807, 2.05) is 6.92 Å². The molecule has 1 aromatic heterocycles. The first-order valence-electron chi connectivity index (χ1n) is 9.48. The lowest BCUT2D eigenvalue weighted by molar-refractivity contribution is -0.121. The van der Waals surface area contributed by atoms with E-state index in [2.05, 4.69) is 14.9 Å². The zero-order valence-corrected chi connectivity index (χ0v) is 17.7. The van der Waals surface area contributed by atoms with E-state index in [4.69, 9.17) is 14.0 Å². The summed E-state index contributed by atoms with van der Waals surface area (Å²) in [5.74, 6) is 1.36. The number of carbonyl (C=O) groups is 1. The molecule has 1 N–H and O–H groups in total. The van der Waals surface area contributed by atoms with Gasteiger partial charge in [-0.05, 0) is 49.4 Å². The number of amides is 1. The summed E-state index contributed by atoms with van der Waals surface area (Å²) in [6.45, 7) is 3.89. The predicted molar refractivity (Wildman–Crippen MR) is 111 cm³/mol. The zero-order chi connectivity index (χ0) is 22.0. The summed E-state index contributed by atoms with van der Waals surface area (Å²) in [5, 5.41) is 3.80. The van der Waals surface area contributed by atoms with Crippen LogP contribution in [-0.4, -0.2) is 37.7 Å². The van der Waals surface area contributed by atoms with Gasteiger partial charge in [-0.15, -0.1) is 0 Å². The number of hydrogen-bond donors (Lipinski definition) is 1. The Morgan fingerprint density at radius 2 is 1.97 bits per heavy atom. The summed E-state index contributed by atoms with van der Waals surface area (Å²) < 4.78 is 44.1. The van der Waals surface area contributed by atoms with Crippen molar-refractivity contribution in [1.82, 2.24) is 10.1 Å². The number of nitrogens with zero attached hydrogens (tertiary/aromatic N) is 3. The summed E-state index contributed by atoms with van der Waals surface area (Å²) in [6, 6.07) is 10.9. The number of aryl methyl sites for hydroxylation is 1. The molecule has 0 radical (unpaired) electrons. The van der Waals surface area contributed by atoms with Crippen molar-refractivity contribution in [2.75, 3.05) is 22.8 Å². The molecule has 2 heterocycles. The number of fused-ring (bicyclic) bond motifs is 1. The second-order valence-corrected chi connectivity index (χ2v) is 8.37. The number of nitrogens with one attached hydrogen (secondary N) is 1. The Balaban J connectivity index is 1.61. The SMILES string of the molecule is CCOc1ccc(NS(=O)(=O)c2ccc3c(c2)N(Cc2noc(C)n2)C(=O)CO3)cc1. The lowest BCUT2D eigenvalue weighted by Crippen LogP contribution is -2.38. The molecule has 0 unspecified atom stereocenters. The third-order valence-electron chi connectivity index (χ3n) is 4.47. The molecular formula is C20H20N4O6S. The van der Waals surface area contributed by atoms with Gasteiger partial charge < -0.3 is 14.0 Å². The number of aromatic nitrogens is 2. The Bertz CT molecular complexity index is 1210. The third kappa shape index (κ3) is 4.45. The van der Waals surface area contributed by atoms with Crippen LogP contribution < -0.4 is 19.1 Å². The maximum Gasteiger partial charge on any atom is 0.265 e. The number of rotatable bonds is 7. The largest absolute Gasteiger partial charge is 0.494 e. The van der Waals surface area contributed by atoms with Gasteiger partial charge in [-0.2, -0.15) is 4.98 Å². The van der Waals surface area contributed by atoms with Gasteiger partial charge in [0.1, 0.15) is 11.5 Å². The second kappa shape index (κ2) is 8.26. The molecule has 11 heteroatoms. The predicted octanol–water partition coefficient (Wildman–Crippen LogP) is 2.50. The van der Waals surface area contributed by atoms with Crippen LogP contribution in [0.1, 0.15) is 18.6 Å². The number of sulfonamides is 1. The van der Waals surface area contributed by atoms with Crippen LogP contribution in [0.3, 0.4) is 0 Å². The van der Waals surface area contributed by atoms with E-state index in [9.17, 15) is 13.2 Å². The summed E-state index contributed by atoms with van der Waals surface area (Å²) in [6.07, 6.45) is 0. The van der Waals surface area contributed by atoms with E-state index >= 15 is 0 Å². The van der Waals surface area contributed by atoms with Crippen molar-refractivity contribution in [2.45, 2.75) is 25.3 Å². The van der Waals surface area contributed by atoms with Gasteiger partial charge in [-0.1, -0.05) is 5.16 Å². The Kier molecular flexibility index (Phi) is 5.51. The van der Waals surface area contributed by atoms with Crippen LogP contribution in [0, 0.1) is 6.92 Å². The van der Waals surface area contributed by atoms with Crippen LogP contribution in [0.2, 0.25) is 0 Å². The standard InChI is InChI=1S/C20H20N4O6S/c1-3-28-15-6-4-14(5-7-15)23-31(26,27)16-8-9-18-17(10-16)24(20(25)12-29-18)11-19-21-13(2)30-22-19/h4-10,23H,3,11-12H2,1-2H3. The van der Waals surface area contributed by atoms with E-state index in [1.165, 1.54) is 23.1 Å². The van der Waals surface area contributed by atoms with Gasteiger partial charge in [0.15, 0.2) is 12.4 Å². The second-order valence-electron chi connectivity index (χ2n) is 6.69. The number of benzene rings is 2. The molecule has 4 rings (SSSR count). The summed E-state index contributed by atoms with van der Waals surface area (Å²) >= 11 is 0. The molecule has 0 spiro atoms. The first-order valence-corrected chi connectivity index (χ1v) is 11.0. The molecule has 0 atom stereocenters. The minimum atomic E-state index is -3.92. The molecule has 1 aliphatic heterocycles. The van der Waals surface area contributed by atoms with Gasteiger partial charge in [0, 0.05) is 12.6 Å². The molecule has 1 amide bonds. The fourth-order valence-corrected chi connectivity index (χ4v) is 4.15. The molecule has 0 saturated carbocycles. The van der Waals surface area contributed by atoms with Gasteiger partial charge in [-0.25, -0.2) is 8.42 Å². The molecule has 0 saturated heterocycles. The van der Waals surface area contributed by atoms with Gasteiger partial charge in [0.05, 0.1) is 23.7 Å². The van der Waals surface area contributed by atoms with Crippen LogP contribution in [0.4, 0.5) is 11.4 Å². The molecule has 1 aliphatic rings. The van der Waals surface area contributed by atoms with Crippen molar-refractivity contribution >= 4 is 27.3 Å². The van der Waals surface area contributed by atoms with Crippen LogP contribution in [0.5, 0.6) is 11.5 Å². The molecule has 10 nitrogen and oxygen atoms in total. The van der Waals surface area contributed by atoms with Crippen molar-refractivity contribution in [2.24, 2.45) is 0 Å². The molecule has 0 bridgehead atoms. The van der Waals surface area contributed by atoms with Crippen LogP contribution in [0.25, 0.3) is 0 Å². The fraction of sp³-hybridized carbons (Fsp3) is 0.250. The lowest BCUT2D eigenvalue weighted by atomic mass is 10.2. The summed E-state index contributed by atoms with van der Waals surface area (Å²) in [5.41, 5.74) is 0.695. The molecular weight excluding hydrogens is 424 g/mol. The van der Waals surface area contributed by atoms with Crippen molar-refractivity contribution in [3.63, 3.8) is 0 Å². The van der Waals surface area contributed by atoms with Crippen LogP contribution in [-0.2, 0) is 21.4 Å². The number of hydrogen-bond acceptors (Lipinski definition) is 8. The van der Waals surface area contributed by atoms with E-state index in [0.29, 0.717) is 41.2 Å². The fourth-order valence-electron chi connectivity index (χ4n) is 3.07. The quantitative estimate of drug-likeness (QED) is 0.589. The maximum absolute atomic E-state index is 12.9. The first kappa shape index (κ1) is 20.7. The Morgan fingerprint density at radius 3 is 2.65 bits per heavy atom. The molecule has 31 heavy (non-hydrogen) atoms. The van der Waals surface area contributed by atoms with E-state index < -0.39 is 10.0 Å². The number of ether oxygens (including phenoxy) is 2. The smallest absolute Gasteiger partial charge is 0.265 e. The highest BCUT2D eigenvalue weighted by Gasteiger charge is 2.29. The van der Waals surface area contributed by atoms with Crippen molar-refractivity contribution in [1.29, 1.82) is 0 Å². The van der Waals surface area contributed by atoms with E-state index in [0.717, 1.165) is 0 Å². The first-order chi connectivity index (χ1) is 14.9. The maximum atomic E-state index is 12.9. The van der Waals surface area contributed by atoms with Gasteiger partial charge >= 0.3 is 0 Å². The molecule has 0 fully saturated rings. The minimum Gasteiger partial charge on any atom is -0.494 e. The zero-order valence-electron chi connectivity index (χ0n) is 16.9. The molecule has 3 aromatic rings. The topological polar surface area (TPSA) is 124 Å². The summed E-state index contributed by atoms with van der Waals surface area (Å²) in [4.78, 5) is 17.9. The highest BCUT2D eigenvalue weighted by Crippen LogP contribution is 2.35. The molecule has 162 valence electrons. The van der Waals surface area contributed by atoms with Gasteiger partial charge in [0.2, 0.25) is 5.89 Å². The molecule has 0 aliphatic carbocycles. The minimum absolute atomic E-state index is 0.0206. The van der Waals surface area contributed by atoms with Gasteiger partial charge in [0.25, 0.3) is 15.9 Å². The third-order valence-corrected chi connectivity index (χ3v) is 5.85. The van der Waals surface area contributed by atoms with E-state index in [1.54, 1.807) is 31.2 Å². The Labute approximate surface area is 178 Å². The highest BCUT2D eigenvalue weighted by molar-refractivity contribution is 7.92.